The van der Waals surface area contributed by atoms with Gasteiger partial charge in [0.1, 0.15) is 0 Å². The number of halogens is 1. The molecule has 0 saturated carbocycles. The van der Waals surface area contributed by atoms with E-state index in [9.17, 15) is 4.79 Å². The summed E-state index contributed by atoms with van der Waals surface area (Å²) in [6.45, 7) is 4.02. The molecule has 27 heavy (non-hydrogen) atoms. The van der Waals surface area contributed by atoms with E-state index in [2.05, 4.69) is 15.5 Å². The topological polar surface area (TPSA) is 94.0 Å². The minimum atomic E-state index is -0.221. The average molecular weight is 387 g/mol. The van der Waals surface area contributed by atoms with Crippen LogP contribution >= 0.6 is 12.4 Å². The lowest BCUT2D eigenvalue weighted by molar-refractivity contribution is -0.119. The van der Waals surface area contributed by atoms with E-state index < -0.39 is 0 Å². The number of carbonyl (C=O) groups is 1. The molecule has 3 rings (SSSR count). The smallest absolute Gasteiger partial charge is 0.229 e. The van der Waals surface area contributed by atoms with Crippen LogP contribution in [0, 0.1) is 6.92 Å². The number of amides is 1. The summed E-state index contributed by atoms with van der Waals surface area (Å²) in [6.07, 6.45) is 0.427. The number of hydrogen-bond donors (Lipinski definition) is 2. The van der Waals surface area contributed by atoms with Crippen molar-refractivity contribution >= 4 is 18.3 Å². The number of nitrogens with two attached hydrogens (primary N) is 1. The van der Waals surface area contributed by atoms with Gasteiger partial charge in [-0.15, -0.1) is 12.4 Å². The molecule has 0 spiro atoms. The highest BCUT2D eigenvalue weighted by atomic mass is 35.5. The van der Waals surface area contributed by atoms with Crippen molar-refractivity contribution in [3.63, 3.8) is 0 Å². The van der Waals surface area contributed by atoms with E-state index in [1.165, 1.54) is 6.92 Å². The second-order valence-corrected chi connectivity index (χ2v) is 6.28. The van der Waals surface area contributed by atoms with E-state index in [1.807, 2.05) is 55.5 Å². The van der Waals surface area contributed by atoms with Crippen molar-refractivity contribution in [3.05, 3.63) is 71.1 Å². The van der Waals surface area contributed by atoms with E-state index in [1.54, 1.807) is 0 Å². The van der Waals surface area contributed by atoms with Crippen molar-refractivity contribution in [1.29, 1.82) is 0 Å². The first kappa shape index (κ1) is 20.6. The molecular formula is C20H23ClN4O2. The van der Waals surface area contributed by atoms with Crippen LogP contribution in [0.2, 0.25) is 0 Å². The van der Waals surface area contributed by atoms with Gasteiger partial charge in [-0.25, -0.2) is 0 Å². The molecule has 2 aromatic carbocycles. The van der Waals surface area contributed by atoms with Crippen molar-refractivity contribution in [2.75, 3.05) is 0 Å². The van der Waals surface area contributed by atoms with Gasteiger partial charge < -0.3 is 15.6 Å². The molecule has 142 valence electrons. The molecule has 1 amide bonds. The first-order valence-electron chi connectivity index (χ1n) is 8.51. The molecule has 7 heteroatoms. The Kier molecular flexibility index (Phi) is 7.10. The summed E-state index contributed by atoms with van der Waals surface area (Å²) in [6, 6.07) is 15.5. The molecule has 0 saturated heterocycles. The Morgan fingerprint density at radius 2 is 1.81 bits per heavy atom. The van der Waals surface area contributed by atoms with Gasteiger partial charge in [0.05, 0.1) is 12.5 Å². The third kappa shape index (κ3) is 5.39. The number of carbonyl (C=O) groups excluding carboxylic acids is 1. The lowest BCUT2D eigenvalue weighted by atomic mass is 10.0. The summed E-state index contributed by atoms with van der Waals surface area (Å²) >= 11 is 0. The fraction of sp³-hybridized carbons (Fsp3) is 0.250. The summed E-state index contributed by atoms with van der Waals surface area (Å²) in [5.41, 5.74) is 9.69. The molecule has 3 aromatic rings. The maximum atomic E-state index is 11.6. The molecule has 1 atom stereocenters. The number of hydrogen-bond acceptors (Lipinski definition) is 5. The standard InChI is InChI=1S/C20H22N4O2.ClH/c1-13-3-7-16(8-4-13)18(22-14(2)25)11-19-23-20(24-26-19)17-9-5-15(12-21)6-10-17;/h3-10,18H,11-12,21H2,1-2H3,(H,22,25);1H. The fourth-order valence-electron chi connectivity index (χ4n) is 2.72. The van der Waals surface area contributed by atoms with E-state index >= 15 is 0 Å². The molecule has 1 unspecified atom stereocenters. The van der Waals surface area contributed by atoms with Gasteiger partial charge in [-0.05, 0) is 18.1 Å². The van der Waals surface area contributed by atoms with Crippen LogP contribution in [0.3, 0.4) is 0 Å². The zero-order valence-corrected chi connectivity index (χ0v) is 16.1. The highest BCUT2D eigenvalue weighted by Gasteiger charge is 2.18. The molecule has 0 aliphatic carbocycles. The Morgan fingerprint density at radius 1 is 1.15 bits per heavy atom. The SMILES string of the molecule is CC(=O)NC(Cc1nc(-c2ccc(CN)cc2)no1)c1ccc(C)cc1.Cl. The molecule has 0 aliphatic rings. The van der Waals surface area contributed by atoms with Crippen molar-refractivity contribution in [1.82, 2.24) is 15.5 Å². The van der Waals surface area contributed by atoms with Crippen LogP contribution < -0.4 is 11.1 Å². The minimum Gasteiger partial charge on any atom is -0.349 e. The zero-order chi connectivity index (χ0) is 18.5. The summed E-state index contributed by atoms with van der Waals surface area (Å²) < 4.78 is 5.40. The predicted molar refractivity (Wildman–Crippen MR) is 106 cm³/mol. The van der Waals surface area contributed by atoms with Gasteiger partial charge in [0.15, 0.2) is 0 Å². The van der Waals surface area contributed by atoms with E-state index in [-0.39, 0.29) is 24.4 Å². The van der Waals surface area contributed by atoms with Crippen LogP contribution in [0.15, 0.2) is 53.1 Å². The Hall–Kier alpha value is -2.70. The van der Waals surface area contributed by atoms with Crippen LogP contribution in [0.5, 0.6) is 0 Å². The van der Waals surface area contributed by atoms with Crippen LogP contribution in [-0.2, 0) is 17.8 Å². The molecule has 6 nitrogen and oxygen atoms in total. The number of aromatic nitrogens is 2. The van der Waals surface area contributed by atoms with Crippen LogP contribution in [0.1, 0.15) is 35.5 Å². The van der Waals surface area contributed by atoms with Crippen LogP contribution in [0.4, 0.5) is 0 Å². The van der Waals surface area contributed by atoms with Crippen LogP contribution in [0.25, 0.3) is 11.4 Å². The average Bonchev–Trinajstić information content (AvgIpc) is 3.10. The maximum absolute atomic E-state index is 11.6. The molecule has 3 N–H and O–H groups in total. The first-order valence-corrected chi connectivity index (χ1v) is 8.51. The lowest BCUT2D eigenvalue weighted by Crippen LogP contribution is -2.27. The molecule has 0 aliphatic heterocycles. The third-order valence-electron chi connectivity index (χ3n) is 4.15. The number of aryl methyl sites for hydroxylation is 1. The molecule has 0 fully saturated rings. The first-order chi connectivity index (χ1) is 12.5. The van der Waals surface area contributed by atoms with Gasteiger partial charge in [0.25, 0.3) is 0 Å². The van der Waals surface area contributed by atoms with Gasteiger partial charge in [-0.1, -0.05) is 59.3 Å². The second kappa shape index (κ2) is 9.30. The van der Waals surface area contributed by atoms with Crippen molar-refractivity contribution < 1.29 is 9.32 Å². The number of benzene rings is 2. The normalized spacial score (nSPS) is 11.5. The van der Waals surface area contributed by atoms with Gasteiger partial charge in [0, 0.05) is 19.0 Å². The maximum Gasteiger partial charge on any atom is 0.229 e. The summed E-state index contributed by atoms with van der Waals surface area (Å²) in [5.74, 6) is 0.893. The van der Waals surface area contributed by atoms with Crippen molar-refractivity contribution in [2.24, 2.45) is 5.73 Å². The Labute approximate surface area is 164 Å². The monoisotopic (exact) mass is 386 g/mol. The number of rotatable bonds is 6. The Morgan fingerprint density at radius 3 is 2.41 bits per heavy atom. The third-order valence-corrected chi connectivity index (χ3v) is 4.15. The molecule has 0 radical (unpaired) electrons. The van der Waals surface area contributed by atoms with Gasteiger partial charge in [0.2, 0.25) is 17.6 Å². The molecular weight excluding hydrogens is 364 g/mol. The van der Waals surface area contributed by atoms with Crippen molar-refractivity contribution in [3.8, 4) is 11.4 Å². The lowest BCUT2D eigenvalue weighted by Gasteiger charge is -2.16. The zero-order valence-electron chi connectivity index (χ0n) is 15.3. The second-order valence-electron chi connectivity index (χ2n) is 6.28. The summed E-state index contributed by atoms with van der Waals surface area (Å²) in [4.78, 5) is 16.0. The number of nitrogens with one attached hydrogen (secondary N) is 1. The fourth-order valence-corrected chi connectivity index (χ4v) is 2.72. The van der Waals surface area contributed by atoms with E-state index in [4.69, 9.17) is 10.3 Å². The molecule has 0 bridgehead atoms. The molecule has 1 aromatic heterocycles. The summed E-state index contributed by atoms with van der Waals surface area (Å²) in [7, 11) is 0. The number of nitrogens with zero attached hydrogens (tertiary/aromatic N) is 2. The Balaban J connectivity index is 0.00000261. The van der Waals surface area contributed by atoms with Gasteiger partial charge in [-0.3, -0.25) is 4.79 Å². The van der Waals surface area contributed by atoms with Gasteiger partial charge >= 0.3 is 0 Å². The van der Waals surface area contributed by atoms with E-state index in [0.717, 1.165) is 22.3 Å². The highest BCUT2D eigenvalue weighted by molar-refractivity contribution is 5.85. The van der Waals surface area contributed by atoms with Gasteiger partial charge in [-0.2, -0.15) is 4.98 Å². The molecule has 1 heterocycles. The minimum absolute atomic E-state index is 0. The predicted octanol–water partition coefficient (Wildman–Crippen LogP) is 3.35. The van der Waals surface area contributed by atoms with E-state index in [0.29, 0.717) is 24.7 Å². The van der Waals surface area contributed by atoms with Crippen molar-refractivity contribution in [2.45, 2.75) is 32.9 Å². The highest BCUT2D eigenvalue weighted by Crippen LogP contribution is 2.21. The quantitative estimate of drug-likeness (QED) is 0.677. The Bertz CT molecular complexity index is 876. The summed E-state index contributed by atoms with van der Waals surface area (Å²) in [5, 5.41) is 7.00. The largest absolute Gasteiger partial charge is 0.349 e. The van der Waals surface area contributed by atoms with Crippen LogP contribution in [-0.4, -0.2) is 16.0 Å².